The maximum Gasteiger partial charge on any atom is 0.321 e. The van der Waals surface area contributed by atoms with Crippen LogP contribution < -0.4 is 16.0 Å². The summed E-state index contributed by atoms with van der Waals surface area (Å²) in [6.45, 7) is 2.19. The minimum absolute atomic E-state index is 0.103. The molecule has 2 rings (SSSR count). The largest absolute Gasteiger partial charge is 0.335 e. The minimum atomic E-state index is -0.402. The summed E-state index contributed by atoms with van der Waals surface area (Å²) in [5.41, 5.74) is 1.05. The number of benzene rings is 1. The van der Waals surface area contributed by atoms with E-state index in [4.69, 9.17) is 11.6 Å². The highest BCUT2D eigenvalue weighted by molar-refractivity contribution is 6.30. The van der Waals surface area contributed by atoms with Gasteiger partial charge in [-0.05, 0) is 31.9 Å². The molecule has 1 aliphatic rings. The van der Waals surface area contributed by atoms with E-state index in [0.29, 0.717) is 5.02 Å². The van der Waals surface area contributed by atoms with Crippen molar-refractivity contribution in [3.63, 3.8) is 0 Å². The third-order valence-corrected chi connectivity index (χ3v) is 3.43. The van der Waals surface area contributed by atoms with Gasteiger partial charge in [-0.3, -0.25) is 10.1 Å². The van der Waals surface area contributed by atoms with E-state index in [-0.39, 0.29) is 24.5 Å². The van der Waals surface area contributed by atoms with E-state index < -0.39 is 6.03 Å². The van der Waals surface area contributed by atoms with Gasteiger partial charge in [0.15, 0.2) is 6.54 Å². The summed E-state index contributed by atoms with van der Waals surface area (Å²) >= 11 is 5.93. The lowest BCUT2D eigenvalue weighted by Crippen LogP contribution is -2.87. The van der Waals surface area contributed by atoms with Crippen molar-refractivity contribution in [3.05, 3.63) is 34.9 Å². The summed E-state index contributed by atoms with van der Waals surface area (Å²) in [4.78, 5) is 23.0. The Hall–Kier alpha value is -1.59. The number of nitrogens with one attached hydrogen (secondary N) is 2. The number of imide groups is 1. The lowest BCUT2D eigenvalue weighted by molar-refractivity contribution is -0.682. The Kier molecular flexibility index (Phi) is 4.98. The first-order valence-electron chi connectivity index (χ1n) is 6.73. The average Bonchev–Trinajstić information content (AvgIpc) is 3.19. The fraction of sp³-hybridized carbons (Fsp3) is 0.429. The molecule has 1 saturated carbocycles. The van der Waals surface area contributed by atoms with E-state index in [1.165, 1.54) is 0 Å². The Balaban J connectivity index is 1.73. The van der Waals surface area contributed by atoms with Crippen molar-refractivity contribution in [1.29, 1.82) is 0 Å². The predicted octanol–water partition coefficient (Wildman–Crippen LogP) is 0.953. The van der Waals surface area contributed by atoms with Gasteiger partial charge in [0.1, 0.15) is 6.04 Å². The first-order chi connectivity index (χ1) is 9.54. The van der Waals surface area contributed by atoms with Gasteiger partial charge in [-0.25, -0.2) is 4.79 Å². The van der Waals surface area contributed by atoms with Crippen LogP contribution in [0.15, 0.2) is 24.3 Å². The number of hydrogen-bond donors (Lipinski definition) is 3. The van der Waals surface area contributed by atoms with Gasteiger partial charge in [0.25, 0.3) is 5.91 Å². The summed E-state index contributed by atoms with van der Waals surface area (Å²) in [5, 5.41) is 7.58. The first kappa shape index (κ1) is 14.8. The first-order valence-corrected chi connectivity index (χ1v) is 7.11. The van der Waals surface area contributed by atoms with Crippen LogP contribution in [0.2, 0.25) is 5.02 Å². The van der Waals surface area contributed by atoms with Crippen LogP contribution in [0.3, 0.4) is 0 Å². The molecule has 108 valence electrons. The number of urea groups is 1. The summed E-state index contributed by atoms with van der Waals surface area (Å²) in [6, 6.07) is 7.48. The summed E-state index contributed by atoms with van der Waals surface area (Å²) in [7, 11) is 0. The molecule has 1 fully saturated rings. The molecule has 1 aromatic carbocycles. The van der Waals surface area contributed by atoms with Gasteiger partial charge in [0.05, 0.1) is 0 Å². The van der Waals surface area contributed by atoms with E-state index in [2.05, 4.69) is 10.6 Å². The Morgan fingerprint density at radius 3 is 2.85 bits per heavy atom. The van der Waals surface area contributed by atoms with Crippen molar-refractivity contribution < 1.29 is 14.9 Å². The number of carbonyl (C=O) groups excluding carboxylic acids is 2. The molecule has 4 N–H and O–H groups in total. The lowest BCUT2D eigenvalue weighted by Gasteiger charge is -2.11. The molecule has 0 saturated heterocycles. The van der Waals surface area contributed by atoms with Crippen LogP contribution in [0.1, 0.15) is 31.4 Å². The molecule has 0 heterocycles. The molecule has 6 heteroatoms. The highest BCUT2D eigenvalue weighted by Gasteiger charge is 2.24. The van der Waals surface area contributed by atoms with Gasteiger partial charge in [-0.2, -0.15) is 0 Å². The zero-order valence-electron chi connectivity index (χ0n) is 11.4. The average molecular weight is 297 g/mol. The fourth-order valence-corrected chi connectivity index (χ4v) is 2.04. The van der Waals surface area contributed by atoms with Crippen molar-refractivity contribution in [2.45, 2.75) is 31.8 Å². The number of rotatable bonds is 5. The van der Waals surface area contributed by atoms with Crippen molar-refractivity contribution in [3.8, 4) is 0 Å². The Labute approximate surface area is 123 Å². The summed E-state index contributed by atoms with van der Waals surface area (Å²) in [6.07, 6.45) is 2.00. The van der Waals surface area contributed by atoms with Gasteiger partial charge in [0, 0.05) is 16.6 Å². The second kappa shape index (κ2) is 6.72. The Morgan fingerprint density at radius 1 is 1.45 bits per heavy atom. The highest BCUT2D eigenvalue weighted by Crippen LogP contribution is 2.18. The zero-order valence-corrected chi connectivity index (χ0v) is 12.1. The molecule has 0 spiro atoms. The molecular formula is C14H19ClN3O2+. The number of quaternary nitrogens is 1. The topological polar surface area (TPSA) is 74.8 Å². The number of halogens is 1. The molecule has 1 aromatic rings. The van der Waals surface area contributed by atoms with Crippen molar-refractivity contribution in [2.24, 2.45) is 0 Å². The third kappa shape index (κ3) is 4.83. The van der Waals surface area contributed by atoms with Crippen LogP contribution >= 0.6 is 11.6 Å². The predicted molar refractivity (Wildman–Crippen MR) is 76.4 cm³/mol. The molecule has 0 unspecified atom stereocenters. The van der Waals surface area contributed by atoms with Gasteiger partial charge < -0.3 is 10.6 Å². The van der Waals surface area contributed by atoms with E-state index >= 15 is 0 Å². The molecule has 0 bridgehead atoms. The molecule has 0 aliphatic heterocycles. The van der Waals surface area contributed by atoms with Crippen LogP contribution in [0.25, 0.3) is 0 Å². The Morgan fingerprint density at radius 2 is 2.20 bits per heavy atom. The van der Waals surface area contributed by atoms with Gasteiger partial charge in [-0.1, -0.05) is 23.7 Å². The maximum atomic E-state index is 11.6. The molecule has 1 atom stereocenters. The highest BCUT2D eigenvalue weighted by atomic mass is 35.5. The molecule has 0 aromatic heterocycles. The number of carbonyl (C=O) groups is 2. The monoisotopic (exact) mass is 296 g/mol. The summed E-state index contributed by atoms with van der Waals surface area (Å²) < 4.78 is 0. The van der Waals surface area contributed by atoms with Gasteiger partial charge >= 0.3 is 6.03 Å². The number of amides is 3. The molecule has 1 aliphatic carbocycles. The van der Waals surface area contributed by atoms with Gasteiger partial charge in [0.2, 0.25) is 0 Å². The standard InChI is InChI=1S/C14H18ClN3O2/c1-9(10-3-2-4-11(15)7-10)16-8-13(19)18-14(20)17-12-5-6-12/h2-4,7,9,12,16H,5-6,8H2,1H3,(H2,17,18,19,20)/p+1/t9-/m0/s1. The van der Waals surface area contributed by atoms with Crippen molar-refractivity contribution >= 4 is 23.5 Å². The van der Waals surface area contributed by atoms with Crippen molar-refractivity contribution in [2.75, 3.05) is 6.54 Å². The van der Waals surface area contributed by atoms with E-state index in [1.807, 2.05) is 36.5 Å². The molecule has 20 heavy (non-hydrogen) atoms. The third-order valence-electron chi connectivity index (χ3n) is 3.20. The second-order valence-corrected chi connectivity index (χ2v) is 5.52. The quantitative estimate of drug-likeness (QED) is 0.757. The van der Waals surface area contributed by atoms with E-state index in [0.717, 1.165) is 18.4 Å². The van der Waals surface area contributed by atoms with Crippen LogP contribution in [-0.4, -0.2) is 24.5 Å². The SMILES string of the molecule is C[C@H]([NH2+]CC(=O)NC(=O)NC1CC1)c1cccc(Cl)c1. The second-order valence-electron chi connectivity index (χ2n) is 5.08. The lowest BCUT2D eigenvalue weighted by atomic mass is 10.1. The molecule has 3 amide bonds. The van der Waals surface area contributed by atoms with Crippen LogP contribution in [0, 0.1) is 0 Å². The molecular weight excluding hydrogens is 278 g/mol. The van der Waals surface area contributed by atoms with E-state index in [9.17, 15) is 9.59 Å². The smallest absolute Gasteiger partial charge is 0.321 e. The van der Waals surface area contributed by atoms with Crippen molar-refractivity contribution in [1.82, 2.24) is 10.6 Å². The Bertz CT molecular complexity index is 503. The number of hydrogen-bond acceptors (Lipinski definition) is 2. The van der Waals surface area contributed by atoms with E-state index in [1.54, 1.807) is 0 Å². The molecule has 5 nitrogen and oxygen atoms in total. The summed E-state index contributed by atoms with van der Waals surface area (Å²) in [5.74, 6) is -0.294. The van der Waals surface area contributed by atoms with Gasteiger partial charge in [-0.15, -0.1) is 0 Å². The van der Waals surface area contributed by atoms with Crippen LogP contribution in [-0.2, 0) is 4.79 Å². The maximum absolute atomic E-state index is 11.6. The normalized spacial score (nSPS) is 15.5. The van der Waals surface area contributed by atoms with Crippen LogP contribution in [0.4, 0.5) is 4.79 Å². The zero-order chi connectivity index (χ0) is 14.5. The fourth-order valence-electron chi connectivity index (χ4n) is 1.84. The molecule has 0 radical (unpaired) electrons. The number of nitrogens with two attached hydrogens (primary N) is 1. The minimum Gasteiger partial charge on any atom is -0.335 e. The van der Waals surface area contributed by atoms with Crippen LogP contribution in [0.5, 0.6) is 0 Å².